The summed E-state index contributed by atoms with van der Waals surface area (Å²) in [4.78, 5) is 2.15. The molecule has 14 heavy (non-hydrogen) atoms. The zero-order valence-electron chi connectivity index (χ0n) is 7.56. The van der Waals surface area contributed by atoms with Crippen LogP contribution in [-0.2, 0) is 6.54 Å². The Morgan fingerprint density at radius 1 is 1.29 bits per heavy atom. The molecule has 1 aromatic carbocycles. The van der Waals surface area contributed by atoms with Gasteiger partial charge >= 0.3 is 0 Å². The number of hydrogen-bond acceptors (Lipinski definition) is 1. The normalized spacial score (nSPS) is 16.8. The van der Waals surface area contributed by atoms with Crippen molar-refractivity contribution in [2.75, 3.05) is 13.1 Å². The first kappa shape index (κ1) is 10.1. The fraction of sp³-hybridized carbons (Fsp3) is 0.400. The van der Waals surface area contributed by atoms with Crippen LogP contribution in [-0.4, -0.2) is 18.0 Å². The summed E-state index contributed by atoms with van der Waals surface area (Å²) in [6, 6.07) is 2.27. The number of halogens is 3. The summed E-state index contributed by atoms with van der Waals surface area (Å²) in [6.45, 7) is 2.66. The van der Waals surface area contributed by atoms with Gasteiger partial charge in [0.05, 0.1) is 4.47 Å². The number of nitrogens with zero attached hydrogens (tertiary/aromatic N) is 1. The van der Waals surface area contributed by atoms with Crippen LogP contribution in [0.2, 0.25) is 0 Å². The van der Waals surface area contributed by atoms with Gasteiger partial charge in [-0.2, -0.15) is 0 Å². The van der Waals surface area contributed by atoms with Gasteiger partial charge in [-0.05, 0) is 47.1 Å². The van der Waals surface area contributed by atoms with Crippen molar-refractivity contribution in [3.05, 3.63) is 33.8 Å². The summed E-state index contributed by atoms with van der Waals surface area (Å²) in [5.41, 5.74) is 0.683. The Balaban J connectivity index is 2.22. The lowest BCUT2D eigenvalue weighted by Crippen LogP contribution is -2.36. The third-order valence-corrected chi connectivity index (χ3v) is 3.30. The second-order valence-corrected chi connectivity index (χ2v) is 4.28. The van der Waals surface area contributed by atoms with Gasteiger partial charge in [0.25, 0.3) is 0 Å². The molecule has 0 radical (unpaired) electrons. The fourth-order valence-corrected chi connectivity index (χ4v) is 1.86. The molecule has 1 saturated heterocycles. The maximum Gasteiger partial charge on any atom is 0.140 e. The van der Waals surface area contributed by atoms with Gasteiger partial charge in [-0.3, -0.25) is 4.90 Å². The Morgan fingerprint density at radius 3 is 2.57 bits per heavy atom. The van der Waals surface area contributed by atoms with Crippen molar-refractivity contribution < 1.29 is 8.78 Å². The van der Waals surface area contributed by atoms with Gasteiger partial charge in [-0.25, -0.2) is 8.78 Å². The predicted molar refractivity (Wildman–Crippen MR) is 54.0 cm³/mol. The summed E-state index contributed by atoms with van der Waals surface area (Å²) in [5.74, 6) is -1.04. The van der Waals surface area contributed by atoms with Crippen LogP contribution in [0.1, 0.15) is 12.0 Å². The first-order valence-electron chi connectivity index (χ1n) is 4.52. The highest BCUT2D eigenvalue weighted by molar-refractivity contribution is 9.10. The molecule has 0 aliphatic carbocycles. The maximum atomic E-state index is 13.1. The third kappa shape index (κ3) is 1.96. The molecular formula is C10H10BrF2N. The van der Waals surface area contributed by atoms with Crippen LogP contribution in [0.25, 0.3) is 0 Å². The van der Waals surface area contributed by atoms with Crippen LogP contribution in [0.5, 0.6) is 0 Å². The standard InChI is InChI=1S/C10H10BrF2N/c11-10-7(6-14-2-1-3-14)4-8(12)5-9(10)13/h4-5H,1-3,6H2. The number of likely N-dealkylation sites (tertiary alicyclic amines) is 1. The summed E-state index contributed by atoms with van der Waals surface area (Å²) >= 11 is 3.13. The smallest absolute Gasteiger partial charge is 0.140 e. The lowest BCUT2D eigenvalue weighted by molar-refractivity contribution is 0.172. The molecule has 0 spiro atoms. The lowest BCUT2D eigenvalue weighted by Gasteiger charge is -2.31. The minimum absolute atomic E-state index is 0.380. The van der Waals surface area contributed by atoms with Crippen molar-refractivity contribution in [1.29, 1.82) is 0 Å². The van der Waals surface area contributed by atoms with E-state index in [2.05, 4.69) is 20.8 Å². The molecule has 1 nitrogen and oxygen atoms in total. The molecule has 0 N–H and O–H groups in total. The summed E-state index contributed by atoms with van der Waals surface area (Å²) < 4.78 is 26.4. The Bertz CT molecular complexity index is 350. The molecule has 1 fully saturated rings. The fourth-order valence-electron chi connectivity index (χ4n) is 1.51. The number of rotatable bonds is 2. The van der Waals surface area contributed by atoms with Crippen molar-refractivity contribution in [3.8, 4) is 0 Å². The van der Waals surface area contributed by atoms with Crippen molar-refractivity contribution in [1.82, 2.24) is 4.90 Å². The Labute approximate surface area is 89.8 Å². The maximum absolute atomic E-state index is 13.1. The van der Waals surface area contributed by atoms with Crippen LogP contribution in [0.4, 0.5) is 8.78 Å². The third-order valence-electron chi connectivity index (χ3n) is 2.41. The molecule has 0 bridgehead atoms. The highest BCUT2D eigenvalue weighted by Gasteiger charge is 2.17. The van der Waals surface area contributed by atoms with Crippen molar-refractivity contribution in [2.24, 2.45) is 0 Å². The van der Waals surface area contributed by atoms with Gasteiger partial charge in [-0.1, -0.05) is 0 Å². The minimum atomic E-state index is -0.527. The molecular weight excluding hydrogens is 252 g/mol. The van der Waals surface area contributed by atoms with E-state index in [9.17, 15) is 8.78 Å². The van der Waals surface area contributed by atoms with Gasteiger partial charge in [-0.15, -0.1) is 0 Å². The van der Waals surface area contributed by atoms with Gasteiger partial charge < -0.3 is 0 Å². The minimum Gasteiger partial charge on any atom is -0.299 e. The van der Waals surface area contributed by atoms with Crippen molar-refractivity contribution in [3.63, 3.8) is 0 Å². The number of benzene rings is 1. The van der Waals surface area contributed by atoms with E-state index in [1.807, 2.05) is 0 Å². The quantitative estimate of drug-likeness (QED) is 0.741. The molecule has 0 unspecified atom stereocenters. The molecule has 1 heterocycles. The molecule has 0 amide bonds. The van der Waals surface area contributed by atoms with Gasteiger partial charge in [0.1, 0.15) is 11.6 Å². The Hall–Kier alpha value is -0.480. The molecule has 1 aliphatic rings. The molecule has 0 aromatic heterocycles. The average molecular weight is 262 g/mol. The molecule has 2 rings (SSSR count). The molecule has 0 saturated carbocycles. The second-order valence-electron chi connectivity index (χ2n) is 3.49. The average Bonchev–Trinajstić information content (AvgIpc) is 2.05. The van der Waals surface area contributed by atoms with Gasteiger partial charge in [0.2, 0.25) is 0 Å². The highest BCUT2D eigenvalue weighted by Crippen LogP contribution is 2.24. The predicted octanol–water partition coefficient (Wildman–Crippen LogP) is 2.93. The van der Waals surface area contributed by atoms with E-state index in [-0.39, 0.29) is 0 Å². The van der Waals surface area contributed by atoms with E-state index in [4.69, 9.17) is 0 Å². The zero-order valence-corrected chi connectivity index (χ0v) is 9.15. The second kappa shape index (κ2) is 3.95. The number of hydrogen-bond donors (Lipinski definition) is 0. The largest absolute Gasteiger partial charge is 0.299 e. The van der Waals surface area contributed by atoms with E-state index in [0.29, 0.717) is 16.6 Å². The first-order valence-corrected chi connectivity index (χ1v) is 5.32. The molecule has 0 atom stereocenters. The SMILES string of the molecule is Fc1cc(F)c(Br)c(CN2CCC2)c1. The van der Waals surface area contributed by atoms with E-state index in [1.54, 1.807) is 0 Å². The topological polar surface area (TPSA) is 3.24 Å². The van der Waals surface area contributed by atoms with Crippen LogP contribution >= 0.6 is 15.9 Å². The molecule has 4 heteroatoms. The van der Waals surface area contributed by atoms with E-state index in [0.717, 1.165) is 19.2 Å². The van der Waals surface area contributed by atoms with E-state index < -0.39 is 11.6 Å². The summed E-state index contributed by atoms with van der Waals surface area (Å²) in [7, 11) is 0. The zero-order chi connectivity index (χ0) is 10.1. The lowest BCUT2D eigenvalue weighted by atomic mass is 10.1. The summed E-state index contributed by atoms with van der Waals surface area (Å²) in [6.07, 6.45) is 1.18. The van der Waals surface area contributed by atoms with Crippen LogP contribution in [0.15, 0.2) is 16.6 Å². The molecule has 1 aliphatic heterocycles. The van der Waals surface area contributed by atoms with Crippen LogP contribution in [0, 0.1) is 11.6 Å². The first-order chi connectivity index (χ1) is 6.66. The molecule has 76 valence electrons. The Kier molecular flexibility index (Phi) is 2.83. The van der Waals surface area contributed by atoms with E-state index >= 15 is 0 Å². The monoisotopic (exact) mass is 261 g/mol. The van der Waals surface area contributed by atoms with E-state index in [1.165, 1.54) is 12.5 Å². The van der Waals surface area contributed by atoms with Gasteiger partial charge in [0, 0.05) is 12.6 Å². The highest BCUT2D eigenvalue weighted by atomic mass is 79.9. The Morgan fingerprint density at radius 2 is 2.00 bits per heavy atom. The molecule has 1 aromatic rings. The van der Waals surface area contributed by atoms with Crippen molar-refractivity contribution in [2.45, 2.75) is 13.0 Å². The summed E-state index contributed by atoms with van der Waals surface area (Å²) in [5, 5.41) is 0. The van der Waals surface area contributed by atoms with Gasteiger partial charge in [0.15, 0.2) is 0 Å². The van der Waals surface area contributed by atoms with Crippen LogP contribution < -0.4 is 0 Å². The van der Waals surface area contributed by atoms with Crippen molar-refractivity contribution >= 4 is 15.9 Å². The van der Waals surface area contributed by atoms with Crippen LogP contribution in [0.3, 0.4) is 0 Å².